The number of pyridine rings is 1. The largest absolute Gasteiger partial charge is 0.457 e. The van der Waals surface area contributed by atoms with E-state index >= 15 is 0 Å². The van der Waals surface area contributed by atoms with E-state index in [0.717, 1.165) is 11.3 Å². The van der Waals surface area contributed by atoms with E-state index in [-0.39, 0.29) is 11.1 Å². The number of aryl methyl sites for hydroxylation is 1. The number of H-pyrrole nitrogens is 1. The first kappa shape index (κ1) is 20.8. The fourth-order valence-electron chi connectivity index (χ4n) is 3.96. The summed E-state index contributed by atoms with van der Waals surface area (Å²) in [4.78, 5) is 25.9. The number of nitrogens with zero attached hydrogens (tertiary/aromatic N) is 2. The van der Waals surface area contributed by atoms with Gasteiger partial charge in [0.2, 0.25) is 0 Å². The number of nitrogens with one attached hydrogen (secondary N) is 1. The van der Waals surface area contributed by atoms with Crippen LogP contribution in [0, 0.1) is 6.92 Å². The molecule has 0 radical (unpaired) electrons. The van der Waals surface area contributed by atoms with Gasteiger partial charge >= 0.3 is 0 Å². The number of rotatable bonds is 5. The number of aromatic amines is 1. The summed E-state index contributed by atoms with van der Waals surface area (Å²) in [5.41, 5.74) is 2.07. The van der Waals surface area contributed by atoms with Crippen molar-refractivity contribution in [1.29, 1.82) is 0 Å². The molecular formula is C26H20ClN3O3. The smallest absolute Gasteiger partial charge is 0.274 e. The summed E-state index contributed by atoms with van der Waals surface area (Å²) in [6, 6.07) is 25.7. The van der Waals surface area contributed by atoms with Gasteiger partial charge in [0.25, 0.3) is 11.1 Å². The number of para-hydroxylation sites is 2. The molecule has 164 valence electrons. The van der Waals surface area contributed by atoms with Crippen LogP contribution >= 0.6 is 11.6 Å². The number of halogens is 1. The molecular weight excluding hydrogens is 438 g/mol. The number of aromatic nitrogens is 3. The van der Waals surface area contributed by atoms with Crippen molar-refractivity contribution < 1.29 is 4.74 Å². The van der Waals surface area contributed by atoms with Crippen molar-refractivity contribution >= 4 is 22.5 Å². The number of hydrogen-bond donors (Lipinski definition) is 1. The lowest BCUT2D eigenvalue weighted by Crippen LogP contribution is -2.23. The van der Waals surface area contributed by atoms with Crippen molar-refractivity contribution in [2.24, 2.45) is 0 Å². The quantitative estimate of drug-likeness (QED) is 0.390. The number of ether oxygens (including phenoxy) is 1. The number of benzene rings is 3. The monoisotopic (exact) mass is 457 g/mol. The first-order valence-corrected chi connectivity index (χ1v) is 10.8. The molecule has 0 fully saturated rings. The fourth-order valence-corrected chi connectivity index (χ4v) is 4.18. The second-order valence-corrected chi connectivity index (χ2v) is 8.11. The zero-order chi connectivity index (χ0) is 22.9. The van der Waals surface area contributed by atoms with Crippen LogP contribution in [0.1, 0.15) is 11.3 Å². The molecule has 7 heteroatoms. The molecule has 1 N–H and O–H groups in total. The van der Waals surface area contributed by atoms with Gasteiger partial charge in [-0.05, 0) is 48.9 Å². The fraction of sp³-hybridized carbons (Fsp3) is 0.0769. The third-order valence-electron chi connectivity index (χ3n) is 5.54. The Kier molecular flexibility index (Phi) is 5.36. The molecule has 0 saturated heterocycles. The number of hydrogen-bond acceptors (Lipinski definition) is 3. The molecule has 3 aromatic carbocycles. The highest BCUT2D eigenvalue weighted by atomic mass is 35.5. The Morgan fingerprint density at radius 1 is 0.879 bits per heavy atom. The van der Waals surface area contributed by atoms with Gasteiger partial charge in [-0.1, -0.05) is 54.1 Å². The Bertz CT molecular complexity index is 1580. The average Bonchev–Trinajstić information content (AvgIpc) is 3.13. The second kappa shape index (κ2) is 8.48. The van der Waals surface area contributed by atoms with E-state index in [0.29, 0.717) is 39.6 Å². The predicted octanol–water partition coefficient (Wildman–Crippen LogP) is 5.28. The Morgan fingerprint density at radius 3 is 2.39 bits per heavy atom. The molecule has 0 aliphatic carbocycles. The van der Waals surface area contributed by atoms with Gasteiger partial charge in [0.1, 0.15) is 11.5 Å². The molecule has 0 saturated carbocycles. The lowest BCUT2D eigenvalue weighted by molar-refractivity contribution is 0.481. The molecule has 0 amide bonds. The van der Waals surface area contributed by atoms with Crippen molar-refractivity contribution in [1.82, 2.24) is 14.3 Å². The van der Waals surface area contributed by atoms with Gasteiger partial charge < -0.3 is 9.30 Å². The third kappa shape index (κ3) is 3.97. The maximum atomic E-state index is 13.1. The van der Waals surface area contributed by atoms with Crippen LogP contribution in [0.15, 0.2) is 94.5 Å². The van der Waals surface area contributed by atoms with Gasteiger partial charge in [-0.3, -0.25) is 19.4 Å². The van der Waals surface area contributed by atoms with Crippen LogP contribution in [0.5, 0.6) is 11.5 Å². The van der Waals surface area contributed by atoms with Crippen molar-refractivity contribution in [3.8, 4) is 17.2 Å². The van der Waals surface area contributed by atoms with E-state index in [1.165, 1.54) is 6.07 Å². The minimum absolute atomic E-state index is 0.214. The van der Waals surface area contributed by atoms with Gasteiger partial charge in [-0.25, -0.2) is 0 Å². The molecule has 5 aromatic rings. The van der Waals surface area contributed by atoms with Crippen molar-refractivity contribution in [3.63, 3.8) is 0 Å². The van der Waals surface area contributed by atoms with Crippen LogP contribution in [0.3, 0.4) is 0 Å². The standard InChI is InChI=1S/C26H20ClN3O3/c1-17-25-23(30(28-26(25)32)22-13-6-5-12-21(22)27)15-24(31)29(17)16-18-8-7-11-20(14-18)33-19-9-3-2-4-10-19/h2-15H,16H2,1H3,(H,28,32). The zero-order valence-electron chi connectivity index (χ0n) is 17.8. The van der Waals surface area contributed by atoms with E-state index < -0.39 is 0 Å². The lowest BCUT2D eigenvalue weighted by atomic mass is 10.1. The molecule has 0 bridgehead atoms. The van der Waals surface area contributed by atoms with Gasteiger partial charge in [-0.2, -0.15) is 0 Å². The molecule has 5 rings (SSSR count). The molecule has 0 aliphatic heterocycles. The van der Waals surface area contributed by atoms with Crippen molar-refractivity contribution in [2.75, 3.05) is 0 Å². The van der Waals surface area contributed by atoms with E-state index in [9.17, 15) is 9.59 Å². The molecule has 33 heavy (non-hydrogen) atoms. The molecule has 0 unspecified atom stereocenters. The first-order chi connectivity index (χ1) is 16.0. The highest BCUT2D eigenvalue weighted by molar-refractivity contribution is 6.32. The van der Waals surface area contributed by atoms with Crippen molar-refractivity contribution in [3.05, 3.63) is 122 Å². The summed E-state index contributed by atoms with van der Waals surface area (Å²) in [7, 11) is 0. The zero-order valence-corrected chi connectivity index (χ0v) is 18.5. The Labute approximate surface area is 194 Å². The number of fused-ring (bicyclic) bond motifs is 1. The van der Waals surface area contributed by atoms with Crippen LogP contribution in [0.25, 0.3) is 16.6 Å². The SMILES string of the molecule is Cc1c2c(=O)[nH]n(-c3ccccc3Cl)c2cc(=O)n1Cc1cccc(Oc2ccccc2)c1. The van der Waals surface area contributed by atoms with Crippen LogP contribution in [0.2, 0.25) is 5.02 Å². The summed E-state index contributed by atoms with van der Waals surface area (Å²) < 4.78 is 9.07. The van der Waals surface area contributed by atoms with Gasteiger partial charge in [0.15, 0.2) is 0 Å². The highest BCUT2D eigenvalue weighted by Gasteiger charge is 2.17. The van der Waals surface area contributed by atoms with E-state index in [4.69, 9.17) is 16.3 Å². The minimum atomic E-state index is -0.280. The Morgan fingerprint density at radius 2 is 1.61 bits per heavy atom. The molecule has 0 spiro atoms. The first-order valence-electron chi connectivity index (χ1n) is 10.4. The summed E-state index contributed by atoms with van der Waals surface area (Å²) in [6.45, 7) is 2.09. The molecule has 0 atom stereocenters. The highest BCUT2D eigenvalue weighted by Crippen LogP contribution is 2.25. The maximum Gasteiger partial charge on any atom is 0.274 e. The molecule has 2 aromatic heterocycles. The van der Waals surface area contributed by atoms with Crippen molar-refractivity contribution in [2.45, 2.75) is 13.5 Å². The normalized spacial score (nSPS) is 11.1. The van der Waals surface area contributed by atoms with E-state index in [1.54, 1.807) is 28.3 Å². The van der Waals surface area contributed by atoms with Crippen LogP contribution in [-0.4, -0.2) is 14.3 Å². The van der Waals surface area contributed by atoms with E-state index in [2.05, 4.69) is 5.10 Å². The van der Waals surface area contributed by atoms with Crippen LogP contribution in [-0.2, 0) is 6.54 Å². The third-order valence-corrected chi connectivity index (χ3v) is 5.86. The van der Waals surface area contributed by atoms with Gasteiger partial charge in [0.05, 0.1) is 28.2 Å². The van der Waals surface area contributed by atoms with E-state index in [1.807, 2.05) is 66.7 Å². The topological polar surface area (TPSA) is 69.0 Å². The Balaban J connectivity index is 1.55. The predicted molar refractivity (Wildman–Crippen MR) is 130 cm³/mol. The minimum Gasteiger partial charge on any atom is -0.457 e. The van der Waals surface area contributed by atoms with Gasteiger partial charge in [0, 0.05) is 11.8 Å². The molecule has 2 heterocycles. The summed E-state index contributed by atoms with van der Waals surface area (Å²) >= 11 is 6.32. The lowest BCUT2D eigenvalue weighted by Gasteiger charge is -2.13. The van der Waals surface area contributed by atoms with Crippen LogP contribution < -0.4 is 15.9 Å². The van der Waals surface area contributed by atoms with Crippen LogP contribution in [0.4, 0.5) is 0 Å². The Hall–Kier alpha value is -4.03. The van der Waals surface area contributed by atoms with Gasteiger partial charge in [-0.15, -0.1) is 0 Å². The maximum absolute atomic E-state index is 13.1. The summed E-state index contributed by atoms with van der Waals surface area (Å²) in [5, 5.41) is 3.73. The molecule has 6 nitrogen and oxygen atoms in total. The summed E-state index contributed by atoms with van der Waals surface area (Å²) in [6.07, 6.45) is 0. The molecule has 0 aliphatic rings. The average molecular weight is 458 g/mol. The second-order valence-electron chi connectivity index (χ2n) is 7.70. The summed E-state index contributed by atoms with van der Waals surface area (Å²) in [5.74, 6) is 1.41.